The SMILES string of the molecule is CC(C)(O)C(=O)NC1CCCC1O. The molecule has 3 N–H and O–H groups in total. The third-order valence-corrected chi connectivity index (χ3v) is 2.35. The summed E-state index contributed by atoms with van der Waals surface area (Å²) in [7, 11) is 0. The zero-order valence-corrected chi connectivity index (χ0v) is 8.08. The van der Waals surface area contributed by atoms with Crippen molar-refractivity contribution < 1.29 is 15.0 Å². The average molecular weight is 187 g/mol. The highest BCUT2D eigenvalue weighted by Gasteiger charge is 2.31. The fraction of sp³-hybridized carbons (Fsp3) is 0.889. The van der Waals surface area contributed by atoms with Gasteiger partial charge >= 0.3 is 0 Å². The lowest BCUT2D eigenvalue weighted by Gasteiger charge is -2.22. The summed E-state index contributed by atoms with van der Waals surface area (Å²) in [6, 6.07) is -0.182. The zero-order chi connectivity index (χ0) is 10.1. The molecule has 1 fully saturated rings. The third kappa shape index (κ3) is 2.67. The molecule has 2 atom stereocenters. The molecule has 1 aliphatic carbocycles. The Balaban J connectivity index is 2.45. The number of rotatable bonds is 2. The van der Waals surface area contributed by atoms with Crippen LogP contribution in [0.2, 0.25) is 0 Å². The van der Waals surface area contributed by atoms with Crippen LogP contribution in [0.25, 0.3) is 0 Å². The van der Waals surface area contributed by atoms with Crippen LogP contribution in [0.1, 0.15) is 33.1 Å². The van der Waals surface area contributed by atoms with E-state index in [1.807, 2.05) is 0 Å². The fourth-order valence-corrected chi connectivity index (χ4v) is 1.45. The molecule has 0 aromatic heterocycles. The Labute approximate surface area is 78.0 Å². The highest BCUT2D eigenvalue weighted by atomic mass is 16.3. The van der Waals surface area contributed by atoms with Crippen molar-refractivity contribution in [2.75, 3.05) is 0 Å². The van der Waals surface area contributed by atoms with Crippen molar-refractivity contribution in [1.82, 2.24) is 5.32 Å². The highest BCUT2D eigenvalue weighted by molar-refractivity contribution is 5.84. The molecule has 1 saturated carbocycles. The first kappa shape index (κ1) is 10.5. The number of nitrogens with one attached hydrogen (secondary N) is 1. The van der Waals surface area contributed by atoms with Crippen molar-refractivity contribution in [3.63, 3.8) is 0 Å². The van der Waals surface area contributed by atoms with Crippen molar-refractivity contribution in [3.05, 3.63) is 0 Å². The predicted molar refractivity (Wildman–Crippen MR) is 48.1 cm³/mol. The van der Waals surface area contributed by atoms with Gasteiger partial charge in [-0.3, -0.25) is 4.79 Å². The van der Waals surface area contributed by atoms with Crippen LogP contribution in [0.4, 0.5) is 0 Å². The van der Waals surface area contributed by atoms with Crippen LogP contribution < -0.4 is 5.32 Å². The number of carbonyl (C=O) groups is 1. The van der Waals surface area contributed by atoms with E-state index in [0.717, 1.165) is 19.3 Å². The summed E-state index contributed by atoms with van der Waals surface area (Å²) in [6.45, 7) is 2.87. The van der Waals surface area contributed by atoms with Crippen LogP contribution in [0.15, 0.2) is 0 Å². The molecule has 0 heterocycles. The van der Waals surface area contributed by atoms with Gasteiger partial charge in [0.15, 0.2) is 0 Å². The molecule has 13 heavy (non-hydrogen) atoms. The Morgan fingerprint density at radius 3 is 2.46 bits per heavy atom. The van der Waals surface area contributed by atoms with Crippen molar-refractivity contribution in [3.8, 4) is 0 Å². The first-order valence-electron chi connectivity index (χ1n) is 4.62. The lowest BCUT2D eigenvalue weighted by atomic mass is 10.1. The van der Waals surface area contributed by atoms with E-state index in [1.165, 1.54) is 13.8 Å². The average Bonchev–Trinajstić information content (AvgIpc) is 2.34. The molecular weight excluding hydrogens is 170 g/mol. The molecule has 0 radical (unpaired) electrons. The maximum Gasteiger partial charge on any atom is 0.251 e. The first-order chi connectivity index (χ1) is 5.91. The number of hydrogen-bond acceptors (Lipinski definition) is 3. The molecule has 76 valence electrons. The summed E-state index contributed by atoms with van der Waals surface area (Å²) in [5, 5.41) is 21.4. The minimum atomic E-state index is -1.36. The van der Waals surface area contributed by atoms with Crippen LogP contribution in [0.5, 0.6) is 0 Å². The topological polar surface area (TPSA) is 69.6 Å². The molecule has 0 aliphatic heterocycles. The first-order valence-corrected chi connectivity index (χ1v) is 4.62. The van der Waals surface area contributed by atoms with Crippen molar-refractivity contribution in [2.45, 2.75) is 50.9 Å². The second-order valence-corrected chi connectivity index (χ2v) is 4.14. The summed E-state index contributed by atoms with van der Waals surface area (Å²) in [5.74, 6) is -0.418. The van der Waals surface area contributed by atoms with E-state index in [9.17, 15) is 15.0 Å². The van der Waals surface area contributed by atoms with E-state index < -0.39 is 17.6 Å². The van der Waals surface area contributed by atoms with Crippen LogP contribution in [0.3, 0.4) is 0 Å². The van der Waals surface area contributed by atoms with Crippen LogP contribution in [-0.4, -0.2) is 33.9 Å². The summed E-state index contributed by atoms with van der Waals surface area (Å²) in [5.41, 5.74) is -1.36. The number of hydrogen-bond donors (Lipinski definition) is 3. The quantitative estimate of drug-likeness (QED) is 0.560. The number of aliphatic hydroxyl groups is 2. The van der Waals surface area contributed by atoms with Crippen LogP contribution >= 0.6 is 0 Å². The molecule has 1 rings (SSSR count). The van der Waals surface area contributed by atoms with E-state index in [4.69, 9.17) is 0 Å². The minimum absolute atomic E-state index is 0.182. The summed E-state index contributed by atoms with van der Waals surface area (Å²) in [4.78, 5) is 11.3. The molecule has 1 amide bonds. The Hall–Kier alpha value is -0.610. The molecule has 4 heteroatoms. The second-order valence-electron chi connectivity index (χ2n) is 4.14. The number of amides is 1. The fourth-order valence-electron chi connectivity index (χ4n) is 1.45. The molecule has 0 saturated heterocycles. The van der Waals surface area contributed by atoms with Gasteiger partial charge in [-0.25, -0.2) is 0 Å². The van der Waals surface area contributed by atoms with Crippen molar-refractivity contribution >= 4 is 5.91 Å². The Bertz CT molecular complexity index is 198. The van der Waals surface area contributed by atoms with Gasteiger partial charge in [-0.1, -0.05) is 0 Å². The zero-order valence-electron chi connectivity index (χ0n) is 8.08. The monoisotopic (exact) mass is 187 g/mol. The molecule has 0 spiro atoms. The maximum absolute atomic E-state index is 11.3. The van der Waals surface area contributed by atoms with E-state index >= 15 is 0 Å². The maximum atomic E-state index is 11.3. The molecule has 0 aromatic rings. The smallest absolute Gasteiger partial charge is 0.251 e. The van der Waals surface area contributed by atoms with Gasteiger partial charge in [0.2, 0.25) is 0 Å². The highest BCUT2D eigenvalue weighted by Crippen LogP contribution is 2.19. The molecule has 0 bridgehead atoms. The van der Waals surface area contributed by atoms with Gasteiger partial charge in [0.05, 0.1) is 12.1 Å². The number of carbonyl (C=O) groups excluding carboxylic acids is 1. The van der Waals surface area contributed by atoms with E-state index in [2.05, 4.69) is 5.32 Å². The Morgan fingerprint density at radius 1 is 1.46 bits per heavy atom. The lowest BCUT2D eigenvalue weighted by molar-refractivity contribution is -0.137. The Morgan fingerprint density at radius 2 is 2.08 bits per heavy atom. The van der Waals surface area contributed by atoms with Crippen LogP contribution in [0, 0.1) is 0 Å². The lowest BCUT2D eigenvalue weighted by Crippen LogP contribution is -2.49. The van der Waals surface area contributed by atoms with Gasteiger partial charge < -0.3 is 15.5 Å². The van der Waals surface area contributed by atoms with Gasteiger partial charge in [-0.15, -0.1) is 0 Å². The second kappa shape index (κ2) is 3.64. The van der Waals surface area contributed by atoms with Gasteiger partial charge in [0.25, 0.3) is 5.91 Å². The van der Waals surface area contributed by atoms with Gasteiger partial charge in [-0.2, -0.15) is 0 Å². The number of aliphatic hydroxyl groups excluding tert-OH is 1. The van der Waals surface area contributed by atoms with Gasteiger partial charge in [0, 0.05) is 0 Å². The van der Waals surface area contributed by atoms with Gasteiger partial charge in [0.1, 0.15) is 5.60 Å². The normalized spacial score (nSPS) is 28.9. The van der Waals surface area contributed by atoms with Gasteiger partial charge in [-0.05, 0) is 33.1 Å². The molecule has 0 aromatic carbocycles. The Kier molecular flexibility index (Phi) is 2.93. The summed E-state index contributed by atoms with van der Waals surface area (Å²) >= 11 is 0. The summed E-state index contributed by atoms with van der Waals surface area (Å²) < 4.78 is 0. The molecule has 4 nitrogen and oxygen atoms in total. The third-order valence-electron chi connectivity index (χ3n) is 2.35. The van der Waals surface area contributed by atoms with E-state index in [1.54, 1.807) is 0 Å². The van der Waals surface area contributed by atoms with E-state index in [0.29, 0.717) is 0 Å². The van der Waals surface area contributed by atoms with Crippen molar-refractivity contribution in [1.29, 1.82) is 0 Å². The summed E-state index contributed by atoms with van der Waals surface area (Å²) in [6.07, 6.45) is 2.00. The molecular formula is C9H17NO3. The van der Waals surface area contributed by atoms with E-state index in [-0.39, 0.29) is 6.04 Å². The molecule has 1 aliphatic rings. The van der Waals surface area contributed by atoms with Crippen LogP contribution in [-0.2, 0) is 4.79 Å². The predicted octanol–water partition coefficient (Wildman–Crippen LogP) is -0.213. The largest absolute Gasteiger partial charge is 0.391 e. The molecule has 2 unspecified atom stereocenters. The standard InChI is InChI=1S/C9H17NO3/c1-9(2,13)8(12)10-6-4-3-5-7(6)11/h6-7,11,13H,3-5H2,1-2H3,(H,10,12). The minimum Gasteiger partial charge on any atom is -0.391 e. The van der Waals surface area contributed by atoms with Crippen molar-refractivity contribution in [2.24, 2.45) is 0 Å².